The number of fused-ring (bicyclic) bond motifs is 1. The van der Waals surface area contributed by atoms with E-state index in [9.17, 15) is 10.1 Å². The Kier molecular flexibility index (Phi) is 7.69. The number of ether oxygens (including phenoxy) is 2. The highest BCUT2D eigenvalue weighted by molar-refractivity contribution is 5.48. The van der Waals surface area contributed by atoms with Crippen LogP contribution in [-0.2, 0) is 19.3 Å². The van der Waals surface area contributed by atoms with Crippen LogP contribution in [0.1, 0.15) is 36.0 Å². The largest absolute Gasteiger partial charge is 0.493 e. The van der Waals surface area contributed by atoms with Crippen molar-refractivity contribution < 1.29 is 14.4 Å². The molecule has 6 nitrogen and oxygen atoms in total. The Bertz CT molecular complexity index is 851. The first-order valence-corrected chi connectivity index (χ1v) is 10.7. The summed E-state index contributed by atoms with van der Waals surface area (Å²) in [4.78, 5) is 12.7. The molecule has 6 heteroatoms. The summed E-state index contributed by atoms with van der Waals surface area (Å²) in [6, 6.07) is 11.2. The maximum Gasteiger partial charge on any atom is 0.269 e. The third kappa shape index (κ3) is 5.72. The molecule has 0 N–H and O–H groups in total. The predicted molar refractivity (Wildman–Crippen MR) is 119 cm³/mol. The summed E-state index contributed by atoms with van der Waals surface area (Å²) < 4.78 is 10.9. The summed E-state index contributed by atoms with van der Waals surface area (Å²) in [5, 5.41) is 10.7. The maximum absolute atomic E-state index is 10.7. The number of nitro benzene ring substituents is 1. The van der Waals surface area contributed by atoms with Crippen molar-refractivity contribution in [3.63, 3.8) is 0 Å². The lowest BCUT2D eigenvalue weighted by Gasteiger charge is -2.26. The van der Waals surface area contributed by atoms with Gasteiger partial charge in [-0.3, -0.25) is 10.1 Å². The third-order valence-electron chi connectivity index (χ3n) is 6.12. The van der Waals surface area contributed by atoms with Crippen molar-refractivity contribution in [1.82, 2.24) is 4.90 Å². The second kappa shape index (κ2) is 10.4. The molecule has 162 valence electrons. The monoisotopic (exact) mass is 412 g/mol. The Morgan fingerprint density at radius 2 is 1.73 bits per heavy atom. The number of aryl methyl sites for hydroxylation is 1. The molecule has 2 aromatic rings. The second-order valence-electron chi connectivity index (χ2n) is 8.20. The molecule has 0 amide bonds. The minimum absolute atomic E-state index is 0.150. The summed E-state index contributed by atoms with van der Waals surface area (Å²) in [6.07, 6.45) is 6.78. The molecular weight excluding hydrogens is 380 g/mol. The summed E-state index contributed by atoms with van der Waals surface area (Å²) in [7, 11) is 5.53. The Morgan fingerprint density at radius 1 is 1.07 bits per heavy atom. The molecule has 0 bridgehead atoms. The van der Waals surface area contributed by atoms with Crippen LogP contribution in [-0.4, -0.2) is 44.2 Å². The van der Waals surface area contributed by atoms with Gasteiger partial charge in [0.1, 0.15) is 0 Å². The van der Waals surface area contributed by atoms with Crippen molar-refractivity contribution in [2.45, 2.75) is 38.5 Å². The predicted octanol–water partition coefficient (Wildman–Crippen LogP) is 4.67. The minimum atomic E-state index is -0.355. The van der Waals surface area contributed by atoms with Crippen LogP contribution in [0.15, 0.2) is 36.4 Å². The first kappa shape index (κ1) is 22.1. The SMILES string of the molecule is COc1cc2c(cc1OC)CC(CCCN(C)CCc1ccc([N+](=O)[O-])cc1)CC2. The van der Waals surface area contributed by atoms with Crippen LogP contribution in [0, 0.1) is 16.0 Å². The molecular formula is C24H32N2O4. The van der Waals surface area contributed by atoms with Gasteiger partial charge >= 0.3 is 0 Å². The molecule has 1 unspecified atom stereocenters. The number of methoxy groups -OCH3 is 2. The van der Waals surface area contributed by atoms with Crippen molar-refractivity contribution in [2.75, 3.05) is 34.4 Å². The molecule has 1 atom stereocenters. The van der Waals surface area contributed by atoms with Gasteiger partial charge in [0.2, 0.25) is 0 Å². The fourth-order valence-electron chi connectivity index (χ4n) is 4.27. The van der Waals surface area contributed by atoms with Crippen molar-refractivity contribution in [3.05, 3.63) is 63.2 Å². The zero-order chi connectivity index (χ0) is 21.5. The highest BCUT2D eigenvalue weighted by Gasteiger charge is 2.21. The van der Waals surface area contributed by atoms with E-state index in [1.54, 1.807) is 26.4 Å². The van der Waals surface area contributed by atoms with Gasteiger partial charge in [-0.2, -0.15) is 0 Å². The third-order valence-corrected chi connectivity index (χ3v) is 6.12. The molecule has 0 spiro atoms. The molecule has 2 aromatic carbocycles. The number of nitro groups is 1. The van der Waals surface area contributed by atoms with Gasteiger partial charge in [0.05, 0.1) is 19.1 Å². The van der Waals surface area contributed by atoms with Crippen molar-refractivity contribution in [2.24, 2.45) is 5.92 Å². The molecule has 0 saturated carbocycles. The molecule has 0 radical (unpaired) electrons. The van der Waals surface area contributed by atoms with E-state index in [-0.39, 0.29) is 10.6 Å². The fourth-order valence-corrected chi connectivity index (χ4v) is 4.27. The average molecular weight is 413 g/mol. The van der Waals surface area contributed by atoms with Crippen LogP contribution >= 0.6 is 0 Å². The summed E-state index contributed by atoms with van der Waals surface area (Å²) >= 11 is 0. The van der Waals surface area contributed by atoms with E-state index < -0.39 is 0 Å². The van der Waals surface area contributed by atoms with E-state index in [1.807, 2.05) is 12.1 Å². The fraction of sp³-hybridized carbons (Fsp3) is 0.500. The lowest BCUT2D eigenvalue weighted by Crippen LogP contribution is -2.23. The van der Waals surface area contributed by atoms with Gasteiger partial charge in [-0.15, -0.1) is 0 Å². The second-order valence-corrected chi connectivity index (χ2v) is 8.20. The number of hydrogen-bond acceptors (Lipinski definition) is 5. The number of non-ortho nitro benzene ring substituents is 1. The molecule has 0 aliphatic heterocycles. The van der Waals surface area contributed by atoms with Gasteiger partial charge in [0.25, 0.3) is 5.69 Å². The standard InChI is InChI=1S/C24H32N2O4/c1-25(14-12-18-7-10-22(11-8-18)26(27)28)13-4-5-19-6-9-20-16-23(29-2)24(30-3)17-21(20)15-19/h7-8,10-11,16-17,19H,4-6,9,12-15H2,1-3H3. The molecule has 0 saturated heterocycles. The first-order chi connectivity index (χ1) is 14.5. The van der Waals surface area contributed by atoms with E-state index in [4.69, 9.17) is 9.47 Å². The van der Waals surface area contributed by atoms with Crippen molar-refractivity contribution in [1.29, 1.82) is 0 Å². The summed E-state index contributed by atoms with van der Waals surface area (Å²) in [5.41, 5.74) is 4.08. The van der Waals surface area contributed by atoms with Gasteiger partial charge < -0.3 is 14.4 Å². The Morgan fingerprint density at radius 3 is 2.37 bits per heavy atom. The Balaban J connectivity index is 1.41. The molecule has 1 aliphatic carbocycles. The number of benzene rings is 2. The van der Waals surface area contributed by atoms with Gasteiger partial charge in [0, 0.05) is 18.7 Å². The molecule has 0 fully saturated rings. The maximum atomic E-state index is 10.7. The van der Waals surface area contributed by atoms with Crippen LogP contribution in [0.3, 0.4) is 0 Å². The highest BCUT2D eigenvalue weighted by atomic mass is 16.6. The van der Waals surface area contributed by atoms with E-state index in [0.29, 0.717) is 0 Å². The lowest BCUT2D eigenvalue weighted by atomic mass is 9.81. The zero-order valence-electron chi connectivity index (χ0n) is 18.2. The van der Waals surface area contributed by atoms with Gasteiger partial charge in [-0.1, -0.05) is 12.1 Å². The average Bonchev–Trinajstić information content (AvgIpc) is 2.76. The van der Waals surface area contributed by atoms with E-state index >= 15 is 0 Å². The van der Waals surface area contributed by atoms with Gasteiger partial charge in [-0.05, 0) is 86.9 Å². The lowest BCUT2D eigenvalue weighted by molar-refractivity contribution is -0.384. The minimum Gasteiger partial charge on any atom is -0.493 e. The van der Waals surface area contributed by atoms with Crippen LogP contribution in [0.25, 0.3) is 0 Å². The molecule has 1 aliphatic rings. The number of likely N-dealkylation sites (N-methyl/N-ethyl adjacent to an activating group) is 1. The summed E-state index contributed by atoms with van der Waals surface area (Å²) in [5.74, 6) is 2.37. The van der Waals surface area contributed by atoms with Crippen molar-refractivity contribution in [3.8, 4) is 11.5 Å². The van der Waals surface area contributed by atoms with Crippen LogP contribution < -0.4 is 9.47 Å². The quantitative estimate of drug-likeness (QED) is 0.419. The van der Waals surface area contributed by atoms with Crippen LogP contribution in [0.4, 0.5) is 5.69 Å². The molecule has 0 heterocycles. The van der Waals surface area contributed by atoms with Crippen LogP contribution in [0.2, 0.25) is 0 Å². The topological polar surface area (TPSA) is 64.8 Å². The zero-order valence-corrected chi connectivity index (χ0v) is 18.2. The summed E-state index contributed by atoms with van der Waals surface area (Å²) in [6.45, 7) is 2.03. The van der Waals surface area contributed by atoms with E-state index in [0.717, 1.165) is 55.3 Å². The van der Waals surface area contributed by atoms with Crippen molar-refractivity contribution >= 4 is 5.69 Å². The van der Waals surface area contributed by atoms with Gasteiger partial charge in [0.15, 0.2) is 11.5 Å². The number of hydrogen-bond donors (Lipinski definition) is 0. The Hall–Kier alpha value is -2.60. The smallest absolute Gasteiger partial charge is 0.269 e. The number of rotatable bonds is 10. The molecule has 0 aromatic heterocycles. The van der Waals surface area contributed by atoms with Crippen LogP contribution in [0.5, 0.6) is 11.5 Å². The van der Waals surface area contributed by atoms with E-state index in [2.05, 4.69) is 24.1 Å². The molecule has 3 rings (SSSR count). The first-order valence-electron chi connectivity index (χ1n) is 10.7. The molecule has 30 heavy (non-hydrogen) atoms. The number of nitrogens with zero attached hydrogens (tertiary/aromatic N) is 2. The van der Waals surface area contributed by atoms with E-state index in [1.165, 1.54) is 30.4 Å². The Labute approximate surface area is 179 Å². The highest BCUT2D eigenvalue weighted by Crippen LogP contribution is 2.36. The normalized spacial score (nSPS) is 15.7. The van der Waals surface area contributed by atoms with Gasteiger partial charge in [-0.25, -0.2) is 0 Å².